The topological polar surface area (TPSA) is 49.4 Å². The van der Waals surface area contributed by atoms with Gasteiger partial charge >= 0.3 is 0 Å². The lowest BCUT2D eigenvalue weighted by atomic mass is 9.89. The molecule has 1 saturated carbocycles. The minimum Gasteiger partial charge on any atom is -0.347 e. The van der Waals surface area contributed by atoms with Gasteiger partial charge in [-0.05, 0) is 68.1 Å². The highest BCUT2D eigenvalue weighted by molar-refractivity contribution is 5.85. The van der Waals surface area contributed by atoms with E-state index in [1.54, 1.807) is 13.0 Å². The standard InChI is InChI=1S/C20H27FN2O2/c1-14-11-16(7-8-18(14)21)17(15-5-6-15)12-19(24)22-13-20(25)23-9-3-2-4-10-23/h7-8,11,15,17H,2-6,9-10,12-13H2,1H3,(H,22,24). The van der Waals surface area contributed by atoms with Crippen LogP contribution in [0.25, 0.3) is 0 Å². The molecule has 1 saturated heterocycles. The van der Waals surface area contributed by atoms with Crippen molar-refractivity contribution in [2.75, 3.05) is 19.6 Å². The molecule has 1 heterocycles. The molecule has 1 aromatic carbocycles. The lowest BCUT2D eigenvalue weighted by Gasteiger charge is -2.27. The van der Waals surface area contributed by atoms with Gasteiger partial charge in [0.2, 0.25) is 11.8 Å². The van der Waals surface area contributed by atoms with Crippen LogP contribution in [0.1, 0.15) is 55.6 Å². The van der Waals surface area contributed by atoms with Crippen LogP contribution >= 0.6 is 0 Å². The van der Waals surface area contributed by atoms with Crippen molar-refractivity contribution in [3.63, 3.8) is 0 Å². The molecule has 0 radical (unpaired) electrons. The molecule has 5 heteroatoms. The van der Waals surface area contributed by atoms with E-state index in [2.05, 4.69) is 5.32 Å². The molecular formula is C20H27FN2O2. The summed E-state index contributed by atoms with van der Waals surface area (Å²) in [5, 5.41) is 2.78. The first-order valence-corrected chi connectivity index (χ1v) is 9.35. The fraction of sp³-hybridized carbons (Fsp3) is 0.600. The Hall–Kier alpha value is -1.91. The molecule has 1 aliphatic heterocycles. The molecule has 1 N–H and O–H groups in total. The van der Waals surface area contributed by atoms with Crippen molar-refractivity contribution in [3.8, 4) is 0 Å². The van der Waals surface area contributed by atoms with E-state index < -0.39 is 0 Å². The molecule has 1 atom stereocenters. The fourth-order valence-electron chi connectivity index (χ4n) is 3.66. The van der Waals surface area contributed by atoms with Crippen LogP contribution in [0.3, 0.4) is 0 Å². The Morgan fingerprint density at radius 1 is 1.24 bits per heavy atom. The third-order valence-electron chi connectivity index (χ3n) is 5.35. The first-order chi connectivity index (χ1) is 12.0. The monoisotopic (exact) mass is 346 g/mol. The van der Waals surface area contributed by atoms with Gasteiger partial charge in [-0.15, -0.1) is 0 Å². The van der Waals surface area contributed by atoms with Gasteiger partial charge in [-0.3, -0.25) is 9.59 Å². The number of likely N-dealkylation sites (tertiary alicyclic amines) is 1. The molecule has 1 unspecified atom stereocenters. The average Bonchev–Trinajstić information content (AvgIpc) is 3.46. The Morgan fingerprint density at radius 3 is 2.60 bits per heavy atom. The summed E-state index contributed by atoms with van der Waals surface area (Å²) < 4.78 is 13.5. The maximum Gasteiger partial charge on any atom is 0.241 e. The molecule has 25 heavy (non-hydrogen) atoms. The molecule has 2 fully saturated rings. The second-order valence-electron chi connectivity index (χ2n) is 7.37. The lowest BCUT2D eigenvalue weighted by Crippen LogP contribution is -2.42. The largest absolute Gasteiger partial charge is 0.347 e. The normalized spacial score (nSPS) is 18.7. The van der Waals surface area contributed by atoms with E-state index in [-0.39, 0.29) is 30.1 Å². The first-order valence-electron chi connectivity index (χ1n) is 9.35. The van der Waals surface area contributed by atoms with Gasteiger partial charge in [-0.2, -0.15) is 0 Å². The molecule has 0 spiro atoms. The molecule has 1 aliphatic carbocycles. The van der Waals surface area contributed by atoms with Gasteiger partial charge in [0.25, 0.3) is 0 Å². The van der Waals surface area contributed by atoms with Crippen molar-refractivity contribution in [1.29, 1.82) is 0 Å². The second-order valence-corrected chi connectivity index (χ2v) is 7.37. The Balaban J connectivity index is 1.54. The number of halogens is 1. The zero-order chi connectivity index (χ0) is 17.8. The molecule has 2 aliphatic rings. The van der Waals surface area contributed by atoms with Crippen molar-refractivity contribution in [2.24, 2.45) is 5.92 Å². The number of nitrogens with one attached hydrogen (secondary N) is 1. The number of rotatable bonds is 6. The van der Waals surface area contributed by atoms with Crippen LogP contribution in [0.4, 0.5) is 4.39 Å². The minimum absolute atomic E-state index is 0.00801. The zero-order valence-corrected chi connectivity index (χ0v) is 14.9. The number of carbonyl (C=O) groups excluding carboxylic acids is 2. The maximum absolute atomic E-state index is 13.5. The number of aryl methyl sites for hydroxylation is 1. The van der Waals surface area contributed by atoms with E-state index in [1.165, 1.54) is 12.5 Å². The number of carbonyl (C=O) groups is 2. The van der Waals surface area contributed by atoms with Crippen molar-refractivity contribution in [3.05, 3.63) is 35.1 Å². The lowest BCUT2D eigenvalue weighted by molar-refractivity contribution is -0.133. The highest BCUT2D eigenvalue weighted by atomic mass is 19.1. The van der Waals surface area contributed by atoms with Crippen molar-refractivity contribution >= 4 is 11.8 Å². The summed E-state index contributed by atoms with van der Waals surface area (Å²) in [5.74, 6) is 0.311. The minimum atomic E-state index is -0.213. The Kier molecular flexibility index (Phi) is 5.71. The number of nitrogens with zero attached hydrogens (tertiary/aromatic N) is 1. The van der Waals surface area contributed by atoms with Crippen LogP contribution < -0.4 is 5.32 Å². The van der Waals surface area contributed by atoms with Crippen molar-refractivity contribution in [2.45, 2.75) is 51.4 Å². The van der Waals surface area contributed by atoms with E-state index >= 15 is 0 Å². The second kappa shape index (κ2) is 7.98. The highest BCUT2D eigenvalue weighted by Gasteiger charge is 2.34. The Labute approximate surface area is 148 Å². The van der Waals surface area contributed by atoms with Gasteiger partial charge in [0.05, 0.1) is 6.54 Å². The fourth-order valence-corrected chi connectivity index (χ4v) is 3.66. The Morgan fingerprint density at radius 2 is 1.96 bits per heavy atom. The van der Waals surface area contributed by atoms with Crippen LogP contribution in [0.2, 0.25) is 0 Å². The van der Waals surface area contributed by atoms with Crippen LogP contribution in [-0.2, 0) is 9.59 Å². The van der Waals surface area contributed by atoms with E-state index in [9.17, 15) is 14.0 Å². The van der Waals surface area contributed by atoms with Gasteiger partial charge < -0.3 is 10.2 Å². The highest BCUT2D eigenvalue weighted by Crippen LogP contribution is 2.44. The first kappa shape index (κ1) is 17.9. The zero-order valence-electron chi connectivity index (χ0n) is 14.9. The average molecular weight is 346 g/mol. The van der Waals surface area contributed by atoms with E-state index in [0.29, 0.717) is 17.9 Å². The van der Waals surface area contributed by atoms with E-state index in [1.807, 2.05) is 11.0 Å². The molecule has 3 rings (SSSR count). The number of hydrogen-bond acceptors (Lipinski definition) is 2. The SMILES string of the molecule is Cc1cc(C(CC(=O)NCC(=O)N2CCCCC2)C2CC2)ccc1F. The van der Waals surface area contributed by atoms with Crippen LogP contribution in [0, 0.1) is 18.7 Å². The number of piperidine rings is 1. The van der Waals surface area contributed by atoms with Gasteiger partial charge in [0, 0.05) is 19.5 Å². The molecule has 1 aromatic rings. The summed E-state index contributed by atoms with van der Waals surface area (Å²) in [4.78, 5) is 26.3. The molecular weight excluding hydrogens is 319 g/mol. The predicted octanol–water partition coefficient (Wildman–Crippen LogP) is 3.15. The van der Waals surface area contributed by atoms with E-state index in [4.69, 9.17) is 0 Å². The maximum atomic E-state index is 13.5. The summed E-state index contributed by atoms with van der Waals surface area (Å²) in [7, 11) is 0. The number of amides is 2. The summed E-state index contributed by atoms with van der Waals surface area (Å²) in [6.45, 7) is 3.43. The third kappa shape index (κ3) is 4.80. The van der Waals surface area contributed by atoms with Crippen molar-refractivity contribution in [1.82, 2.24) is 10.2 Å². The number of benzene rings is 1. The smallest absolute Gasteiger partial charge is 0.241 e. The van der Waals surface area contributed by atoms with Crippen molar-refractivity contribution < 1.29 is 14.0 Å². The Bertz CT molecular complexity index is 637. The number of hydrogen-bond donors (Lipinski definition) is 1. The molecule has 4 nitrogen and oxygen atoms in total. The molecule has 136 valence electrons. The van der Waals surface area contributed by atoms with Crippen LogP contribution in [0.5, 0.6) is 0 Å². The predicted molar refractivity (Wildman–Crippen MR) is 94.7 cm³/mol. The molecule has 0 bridgehead atoms. The van der Waals surface area contributed by atoms with Crippen LogP contribution in [-0.4, -0.2) is 36.3 Å². The van der Waals surface area contributed by atoms with Gasteiger partial charge in [-0.25, -0.2) is 4.39 Å². The third-order valence-corrected chi connectivity index (χ3v) is 5.35. The summed E-state index contributed by atoms with van der Waals surface area (Å²) >= 11 is 0. The van der Waals surface area contributed by atoms with Gasteiger partial charge in [0.1, 0.15) is 5.82 Å². The summed E-state index contributed by atoms with van der Waals surface area (Å²) in [6.07, 6.45) is 5.86. The summed E-state index contributed by atoms with van der Waals surface area (Å²) in [6, 6.07) is 5.12. The van der Waals surface area contributed by atoms with Gasteiger partial charge in [-0.1, -0.05) is 12.1 Å². The summed E-state index contributed by atoms with van der Waals surface area (Å²) in [5.41, 5.74) is 1.64. The van der Waals surface area contributed by atoms with Gasteiger partial charge in [0.15, 0.2) is 0 Å². The quantitative estimate of drug-likeness (QED) is 0.860. The van der Waals surface area contributed by atoms with E-state index in [0.717, 1.165) is 44.3 Å². The molecule has 0 aromatic heterocycles. The molecule has 2 amide bonds. The van der Waals surface area contributed by atoms with Crippen LogP contribution in [0.15, 0.2) is 18.2 Å².